The molecule has 0 fully saturated rings. The number of nitrogen functional groups attached to an aromatic ring is 1. The summed E-state index contributed by atoms with van der Waals surface area (Å²) in [5.41, 5.74) is 6.64. The van der Waals surface area contributed by atoms with Crippen molar-refractivity contribution in [3.8, 4) is 17.2 Å². The van der Waals surface area contributed by atoms with Crippen molar-refractivity contribution in [1.29, 1.82) is 0 Å². The molecule has 100 valence electrons. The van der Waals surface area contributed by atoms with Gasteiger partial charge in [-0.1, -0.05) is 12.1 Å². The summed E-state index contributed by atoms with van der Waals surface area (Å²) in [7, 11) is 1.62. The average molecular weight is 266 g/mol. The van der Waals surface area contributed by atoms with Crippen LogP contribution < -0.4 is 15.2 Å². The van der Waals surface area contributed by atoms with Crippen LogP contribution in [0, 0.1) is 0 Å². The fourth-order valence-corrected chi connectivity index (χ4v) is 2.09. The normalized spacial score (nSPS) is 10.4. The van der Waals surface area contributed by atoms with Crippen LogP contribution in [-0.2, 0) is 0 Å². The van der Waals surface area contributed by atoms with Gasteiger partial charge >= 0.3 is 0 Å². The van der Waals surface area contributed by atoms with Gasteiger partial charge < -0.3 is 15.2 Å². The van der Waals surface area contributed by atoms with E-state index in [1.54, 1.807) is 19.5 Å². The molecule has 1 heterocycles. The van der Waals surface area contributed by atoms with E-state index in [0.29, 0.717) is 17.2 Å². The molecule has 4 nitrogen and oxygen atoms in total. The highest BCUT2D eigenvalue weighted by atomic mass is 16.5. The molecule has 0 radical (unpaired) electrons. The molecule has 2 N–H and O–H groups in total. The largest absolute Gasteiger partial charge is 0.493 e. The van der Waals surface area contributed by atoms with Crippen molar-refractivity contribution in [1.82, 2.24) is 4.98 Å². The van der Waals surface area contributed by atoms with Crippen LogP contribution in [0.25, 0.3) is 10.8 Å². The standard InChI is InChI=1S/C16H14N2O2/c1-19-15-4-2-3-5-16(15)20-14-7-6-13(17)12-10-18-9-8-11(12)14/h2-10H,17H2,1H3. The topological polar surface area (TPSA) is 57.4 Å². The van der Waals surface area contributed by atoms with E-state index < -0.39 is 0 Å². The lowest BCUT2D eigenvalue weighted by atomic mass is 10.1. The van der Waals surface area contributed by atoms with Gasteiger partial charge in [-0.25, -0.2) is 0 Å². The van der Waals surface area contributed by atoms with E-state index in [-0.39, 0.29) is 0 Å². The number of anilines is 1. The molecule has 0 amide bonds. The number of hydrogen-bond donors (Lipinski definition) is 1. The Morgan fingerprint density at radius 3 is 2.50 bits per heavy atom. The average Bonchev–Trinajstić information content (AvgIpc) is 2.51. The smallest absolute Gasteiger partial charge is 0.169 e. The maximum absolute atomic E-state index is 5.96. The van der Waals surface area contributed by atoms with E-state index in [1.807, 2.05) is 42.5 Å². The van der Waals surface area contributed by atoms with Crippen LogP contribution in [0.2, 0.25) is 0 Å². The van der Waals surface area contributed by atoms with Gasteiger partial charge in [0, 0.05) is 28.9 Å². The minimum Gasteiger partial charge on any atom is -0.493 e. The van der Waals surface area contributed by atoms with Crippen LogP contribution >= 0.6 is 0 Å². The van der Waals surface area contributed by atoms with E-state index in [0.717, 1.165) is 16.5 Å². The van der Waals surface area contributed by atoms with E-state index >= 15 is 0 Å². The lowest BCUT2D eigenvalue weighted by molar-refractivity contribution is 0.380. The molecule has 1 aromatic heterocycles. The van der Waals surface area contributed by atoms with Gasteiger partial charge in [0.25, 0.3) is 0 Å². The zero-order valence-corrected chi connectivity index (χ0v) is 11.0. The van der Waals surface area contributed by atoms with Gasteiger partial charge in [0.15, 0.2) is 11.5 Å². The molecule has 4 heteroatoms. The summed E-state index contributed by atoms with van der Waals surface area (Å²) in [6, 6.07) is 13.1. The van der Waals surface area contributed by atoms with Crippen LogP contribution in [0.1, 0.15) is 0 Å². The van der Waals surface area contributed by atoms with Gasteiger partial charge in [-0.05, 0) is 30.3 Å². The third-order valence-electron chi connectivity index (χ3n) is 3.10. The molecule has 0 bridgehead atoms. The molecular weight excluding hydrogens is 252 g/mol. The number of hydrogen-bond acceptors (Lipinski definition) is 4. The predicted molar refractivity (Wildman–Crippen MR) is 79.2 cm³/mol. The Balaban J connectivity index is 2.09. The minimum atomic E-state index is 0.665. The molecule has 0 aliphatic carbocycles. The summed E-state index contributed by atoms with van der Waals surface area (Å²) < 4.78 is 11.3. The lowest BCUT2D eigenvalue weighted by Gasteiger charge is -2.12. The molecular formula is C16H14N2O2. The fraction of sp³-hybridized carbons (Fsp3) is 0.0625. The molecule has 3 rings (SSSR count). The van der Waals surface area contributed by atoms with Gasteiger partial charge in [-0.2, -0.15) is 0 Å². The summed E-state index contributed by atoms with van der Waals surface area (Å²) in [4.78, 5) is 4.10. The SMILES string of the molecule is COc1ccccc1Oc1ccc(N)c2cnccc12. The first kappa shape index (κ1) is 12.3. The number of aromatic nitrogens is 1. The Hall–Kier alpha value is -2.75. The van der Waals surface area contributed by atoms with Crippen molar-refractivity contribution in [2.45, 2.75) is 0 Å². The number of pyridine rings is 1. The summed E-state index contributed by atoms with van der Waals surface area (Å²) in [5, 5.41) is 1.80. The molecule has 0 aliphatic heterocycles. The van der Waals surface area contributed by atoms with Gasteiger partial charge in [0.1, 0.15) is 5.75 Å². The van der Waals surface area contributed by atoms with Crippen LogP contribution in [0.3, 0.4) is 0 Å². The van der Waals surface area contributed by atoms with Crippen molar-refractivity contribution in [2.75, 3.05) is 12.8 Å². The first-order chi connectivity index (χ1) is 9.79. The zero-order chi connectivity index (χ0) is 13.9. The number of para-hydroxylation sites is 2. The van der Waals surface area contributed by atoms with Crippen LogP contribution in [-0.4, -0.2) is 12.1 Å². The number of nitrogens with two attached hydrogens (primary N) is 1. The maximum atomic E-state index is 5.96. The van der Waals surface area contributed by atoms with Gasteiger partial charge in [-0.15, -0.1) is 0 Å². The maximum Gasteiger partial charge on any atom is 0.169 e. The van der Waals surface area contributed by atoms with Crippen molar-refractivity contribution in [2.24, 2.45) is 0 Å². The number of rotatable bonds is 3. The molecule has 0 saturated carbocycles. The Kier molecular flexibility index (Phi) is 3.13. The Morgan fingerprint density at radius 1 is 0.900 bits per heavy atom. The zero-order valence-electron chi connectivity index (χ0n) is 11.0. The number of fused-ring (bicyclic) bond motifs is 1. The highest BCUT2D eigenvalue weighted by Crippen LogP contribution is 2.36. The third-order valence-corrected chi connectivity index (χ3v) is 3.10. The second kappa shape index (κ2) is 5.09. The minimum absolute atomic E-state index is 0.665. The third kappa shape index (κ3) is 2.12. The van der Waals surface area contributed by atoms with Crippen molar-refractivity contribution in [3.05, 3.63) is 54.9 Å². The second-order valence-corrected chi connectivity index (χ2v) is 4.33. The van der Waals surface area contributed by atoms with E-state index in [9.17, 15) is 0 Å². The Bertz CT molecular complexity index is 756. The van der Waals surface area contributed by atoms with Gasteiger partial charge in [0.2, 0.25) is 0 Å². The first-order valence-electron chi connectivity index (χ1n) is 6.22. The molecule has 0 aliphatic rings. The number of benzene rings is 2. The molecule has 0 saturated heterocycles. The molecule has 3 aromatic rings. The van der Waals surface area contributed by atoms with Crippen LogP contribution in [0.4, 0.5) is 5.69 Å². The predicted octanol–water partition coefficient (Wildman–Crippen LogP) is 3.62. The van der Waals surface area contributed by atoms with Crippen molar-refractivity contribution in [3.63, 3.8) is 0 Å². The van der Waals surface area contributed by atoms with Crippen LogP contribution in [0.5, 0.6) is 17.2 Å². The van der Waals surface area contributed by atoms with E-state index in [1.165, 1.54) is 0 Å². The van der Waals surface area contributed by atoms with Crippen molar-refractivity contribution < 1.29 is 9.47 Å². The quantitative estimate of drug-likeness (QED) is 0.736. The molecule has 2 aromatic carbocycles. The molecule has 0 atom stereocenters. The summed E-state index contributed by atoms with van der Waals surface area (Å²) in [6.07, 6.45) is 3.45. The van der Waals surface area contributed by atoms with E-state index in [4.69, 9.17) is 15.2 Å². The number of ether oxygens (including phenoxy) is 2. The molecule has 20 heavy (non-hydrogen) atoms. The first-order valence-corrected chi connectivity index (χ1v) is 6.22. The number of nitrogens with zero attached hydrogens (tertiary/aromatic N) is 1. The summed E-state index contributed by atoms with van der Waals surface area (Å²) >= 11 is 0. The highest BCUT2D eigenvalue weighted by molar-refractivity contribution is 5.96. The highest BCUT2D eigenvalue weighted by Gasteiger charge is 2.09. The van der Waals surface area contributed by atoms with Gasteiger partial charge in [0.05, 0.1) is 7.11 Å². The summed E-state index contributed by atoms with van der Waals surface area (Å²) in [6.45, 7) is 0. The van der Waals surface area contributed by atoms with Crippen LogP contribution in [0.15, 0.2) is 54.9 Å². The molecule has 0 unspecified atom stereocenters. The van der Waals surface area contributed by atoms with Crippen molar-refractivity contribution >= 4 is 16.5 Å². The molecule has 0 spiro atoms. The summed E-state index contributed by atoms with van der Waals surface area (Å²) in [5.74, 6) is 2.07. The number of methoxy groups -OCH3 is 1. The van der Waals surface area contributed by atoms with Gasteiger partial charge in [-0.3, -0.25) is 4.98 Å². The Morgan fingerprint density at radius 2 is 1.70 bits per heavy atom. The fourth-order valence-electron chi connectivity index (χ4n) is 2.09. The van der Waals surface area contributed by atoms with E-state index in [2.05, 4.69) is 4.98 Å². The lowest BCUT2D eigenvalue weighted by Crippen LogP contribution is -1.93. The second-order valence-electron chi connectivity index (χ2n) is 4.33. The monoisotopic (exact) mass is 266 g/mol. The Labute approximate surface area is 116 Å².